The Morgan fingerprint density at radius 2 is 2.30 bits per heavy atom. The molecule has 0 aliphatic carbocycles. The number of fused-ring (bicyclic) bond motifs is 1. The summed E-state index contributed by atoms with van der Waals surface area (Å²) in [6.45, 7) is 7.69. The van der Waals surface area contributed by atoms with E-state index in [0.717, 1.165) is 42.6 Å². The summed E-state index contributed by atoms with van der Waals surface area (Å²) in [4.78, 5) is 18.6. The highest BCUT2D eigenvalue weighted by Gasteiger charge is 2.38. The van der Waals surface area contributed by atoms with Crippen LogP contribution in [-0.4, -0.2) is 30.7 Å². The summed E-state index contributed by atoms with van der Waals surface area (Å²) in [5.41, 5.74) is 3.13. The number of rotatable bonds is 7. The fourth-order valence-corrected chi connectivity index (χ4v) is 3.75. The van der Waals surface area contributed by atoms with Gasteiger partial charge in [0.25, 0.3) is 5.91 Å². The van der Waals surface area contributed by atoms with Crippen molar-refractivity contribution >= 4 is 12.6 Å². The van der Waals surface area contributed by atoms with E-state index in [1.165, 1.54) is 5.56 Å². The Hall–Kier alpha value is -2.80. The zero-order valence-corrected chi connectivity index (χ0v) is 16.4. The quantitative estimate of drug-likeness (QED) is 0.407. The first-order chi connectivity index (χ1) is 13.1. The van der Waals surface area contributed by atoms with Gasteiger partial charge in [-0.25, -0.2) is 0 Å². The Kier molecular flexibility index (Phi) is 7.43. The van der Waals surface area contributed by atoms with Crippen LogP contribution in [0.15, 0.2) is 47.1 Å². The highest BCUT2D eigenvalue weighted by molar-refractivity contribution is 5.94. The van der Waals surface area contributed by atoms with Crippen LogP contribution in [0.4, 0.5) is 0 Å². The lowest BCUT2D eigenvalue weighted by molar-refractivity contribution is -0.130. The van der Waals surface area contributed by atoms with Gasteiger partial charge in [0.15, 0.2) is 0 Å². The average Bonchev–Trinajstić information content (AvgIpc) is 2.69. The highest BCUT2D eigenvalue weighted by Crippen LogP contribution is 2.41. The van der Waals surface area contributed by atoms with Gasteiger partial charge >= 0.3 is 0 Å². The molecule has 1 aromatic carbocycles. The van der Waals surface area contributed by atoms with Gasteiger partial charge in [-0.2, -0.15) is 0 Å². The van der Waals surface area contributed by atoms with Gasteiger partial charge in [0.05, 0.1) is 13.2 Å². The minimum atomic E-state index is -0.290. The van der Waals surface area contributed by atoms with E-state index in [1.807, 2.05) is 36.1 Å². The van der Waals surface area contributed by atoms with E-state index in [4.69, 9.17) is 11.2 Å². The summed E-state index contributed by atoms with van der Waals surface area (Å²) in [7, 11) is 1.66. The number of terminal acetylenes is 1. The van der Waals surface area contributed by atoms with E-state index in [0.29, 0.717) is 0 Å². The lowest BCUT2D eigenvalue weighted by Gasteiger charge is -2.43. The minimum absolute atomic E-state index is 0.0385. The molecule has 0 spiro atoms. The molecule has 0 saturated carbocycles. The Balaban J connectivity index is 2.67. The van der Waals surface area contributed by atoms with Gasteiger partial charge in [0.1, 0.15) is 5.75 Å². The molecule has 2 atom stereocenters. The first-order valence-electron chi connectivity index (χ1n) is 9.35. The number of hydrogen-bond acceptors (Lipinski definition) is 3. The average molecular weight is 364 g/mol. The Labute approximate surface area is 162 Å². The standard InChI is InChI=1S/C23H28N2O2/c1-6-9-11-19-14-18-15-20(27-5)12-13-21(18)23(25(19)22(26)8-3)17(10-7-2)16-24-4/h3,7,10,12-13,15-16,19,23H,4,6,9,11,14H2,1-2,5H3/b10-7-,17-16+/t19-,23-/m0/s1. The largest absolute Gasteiger partial charge is 0.497 e. The molecule has 0 unspecified atom stereocenters. The minimum Gasteiger partial charge on any atom is -0.497 e. The number of ether oxygens (including phenoxy) is 1. The Morgan fingerprint density at radius 3 is 2.89 bits per heavy atom. The van der Waals surface area contributed by atoms with Crippen LogP contribution in [-0.2, 0) is 11.2 Å². The molecule has 1 amide bonds. The smallest absolute Gasteiger partial charge is 0.299 e. The van der Waals surface area contributed by atoms with E-state index in [2.05, 4.69) is 30.6 Å². The number of allylic oxidation sites excluding steroid dienone is 1. The molecule has 142 valence electrons. The van der Waals surface area contributed by atoms with Gasteiger partial charge < -0.3 is 9.64 Å². The fourth-order valence-electron chi connectivity index (χ4n) is 3.75. The van der Waals surface area contributed by atoms with Gasteiger partial charge in [-0.1, -0.05) is 38.0 Å². The highest BCUT2D eigenvalue weighted by atomic mass is 16.5. The molecular formula is C23H28N2O2. The van der Waals surface area contributed by atoms with Crippen molar-refractivity contribution in [1.82, 2.24) is 4.90 Å². The monoisotopic (exact) mass is 364 g/mol. The van der Waals surface area contributed by atoms with E-state index in [9.17, 15) is 4.79 Å². The molecule has 0 saturated heterocycles. The molecule has 4 nitrogen and oxygen atoms in total. The van der Waals surface area contributed by atoms with Crippen molar-refractivity contribution in [2.24, 2.45) is 4.99 Å². The normalized spacial score (nSPS) is 19.5. The van der Waals surface area contributed by atoms with Gasteiger partial charge in [-0.15, -0.1) is 6.42 Å². The summed E-state index contributed by atoms with van der Waals surface area (Å²) in [6.07, 6.45) is 14.9. The maximum atomic E-state index is 12.8. The molecule has 0 radical (unpaired) electrons. The number of hydrogen-bond donors (Lipinski definition) is 0. The summed E-state index contributed by atoms with van der Waals surface area (Å²) in [6, 6.07) is 5.76. The zero-order valence-electron chi connectivity index (χ0n) is 16.4. The van der Waals surface area contributed by atoms with Crippen molar-refractivity contribution in [3.8, 4) is 18.1 Å². The van der Waals surface area contributed by atoms with Gasteiger partial charge in [-0.3, -0.25) is 9.79 Å². The van der Waals surface area contributed by atoms with E-state index < -0.39 is 0 Å². The summed E-state index contributed by atoms with van der Waals surface area (Å²) < 4.78 is 5.41. The van der Waals surface area contributed by atoms with Crippen LogP contribution in [0.1, 0.15) is 50.3 Å². The van der Waals surface area contributed by atoms with E-state index in [-0.39, 0.29) is 18.0 Å². The van der Waals surface area contributed by atoms with E-state index in [1.54, 1.807) is 13.3 Å². The molecule has 0 bridgehead atoms. The molecule has 1 aliphatic heterocycles. The van der Waals surface area contributed by atoms with Crippen LogP contribution in [0.25, 0.3) is 0 Å². The number of nitrogens with zero attached hydrogens (tertiary/aromatic N) is 2. The predicted octanol–water partition coefficient (Wildman–Crippen LogP) is 4.47. The SMILES string of the molecule is C#CC(=O)N1[C@@H](CCCC)Cc2cc(OC)ccc2[C@@H]1C(/C=C\C)=C/N=C. The van der Waals surface area contributed by atoms with Gasteiger partial charge in [0.2, 0.25) is 0 Å². The molecular weight excluding hydrogens is 336 g/mol. The van der Waals surface area contributed by atoms with Crippen LogP contribution in [0.5, 0.6) is 5.75 Å². The van der Waals surface area contributed by atoms with Crippen molar-refractivity contribution < 1.29 is 9.53 Å². The van der Waals surface area contributed by atoms with Crippen molar-refractivity contribution in [1.29, 1.82) is 0 Å². The zero-order chi connectivity index (χ0) is 19.8. The fraction of sp³-hybridized carbons (Fsp3) is 0.391. The third-order valence-electron chi connectivity index (χ3n) is 4.94. The Bertz CT molecular complexity index is 786. The molecule has 0 N–H and O–H groups in total. The van der Waals surface area contributed by atoms with Crippen molar-refractivity contribution in [3.63, 3.8) is 0 Å². The van der Waals surface area contributed by atoms with Crippen LogP contribution >= 0.6 is 0 Å². The van der Waals surface area contributed by atoms with Crippen LogP contribution < -0.4 is 4.74 Å². The third kappa shape index (κ3) is 4.49. The van der Waals surface area contributed by atoms with Crippen molar-refractivity contribution in [2.45, 2.75) is 51.6 Å². The first-order valence-corrected chi connectivity index (χ1v) is 9.35. The number of carbonyl (C=O) groups is 1. The topological polar surface area (TPSA) is 41.9 Å². The van der Waals surface area contributed by atoms with E-state index >= 15 is 0 Å². The maximum Gasteiger partial charge on any atom is 0.299 e. The van der Waals surface area contributed by atoms with Crippen LogP contribution in [0.2, 0.25) is 0 Å². The summed E-state index contributed by atoms with van der Waals surface area (Å²) >= 11 is 0. The van der Waals surface area contributed by atoms with Crippen LogP contribution in [0, 0.1) is 12.3 Å². The molecule has 4 heteroatoms. The number of unbranched alkanes of at least 4 members (excludes halogenated alkanes) is 1. The molecule has 0 aromatic heterocycles. The molecule has 2 rings (SSSR count). The van der Waals surface area contributed by atoms with Crippen molar-refractivity contribution in [2.75, 3.05) is 7.11 Å². The second-order valence-corrected chi connectivity index (χ2v) is 6.64. The molecule has 1 aromatic rings. The number of methoxy groups -OCH3 is 1. The lowest BCUT2D eigenvalue weighted by Crippen LogP contribution is -2.47. The molecule has 27 heavy (non-hydrogen) atoms. The second kappa shape index (κ2) is 9.78. The predicted molar refractivity (Wildman–Crippen MR) is 111 cm³/mol. The van der Waals surface area contributed by atoms with Crippen molar-refractivity contribution in [3.05, 3.63) is 53.3 Å². The number of aliphatic imine (C=N–C) groups is 1. The molecule has 0 fully saturated rings. The molecule has 1 aliphatic rings. The number of carbonyl (C=O) groups excluding carboxylic acids is 1. The summed E-state index contributed by atoms with van der Waals surface area (Å²) in [5.74, 6) is 2.86. The van der Waals surface area contributed by atoms with Gasteiger partial charge in [0, 0.05) is 12.2 Å². The number of amides is 1. The molecule has 1 heterocycles. The lowest BCUT2D eigenvalue weighted by atomic mass is 9.82. The second-order valence-electron chi connectivity index (χ2n) is 6.64. The first kappa shape index (κ1) is 20.5. The Morgan fingerprint density at radius 1 is 1.52 bits per heavy atom. The number of benzene rings is 1. The maximum absolute atomic E-state index is 12.8. The third-order valence-corrected chi connectivity index (χ3v) is 4.94. The van der Waals surface area contributed by atoms with Gasteiger partial charge in [-0.05, 0) is 61.2 Å². The van der Waals surface area contributed by atoms with Crippen LogP contribution in [0.3, 0.4) is 0 Å². The summed E-state index contributed by atoms with van der Waals surface area (Å²) in [5, 5.41) is 0.